The molecule has 16 heavy (non-hydrogen) atoms. The number of carbonyl (C=O) groups is 1. The minimum atomic E-state index is -0.0365. The van der Waals surface area contributed by atoms with Gasteiger partial charge in [-0.1, -0.05) is 18.7 Å². The molecule has 0 aromatic carbocycles. The molecule has 0 aromatic heterocycles. The molecule has 0 atom stereocenters. The van der Waals surface area contributed by atoms with Crippen molar-refractivity contribution in [2.24, 2.45) is 0 Å². The fourth-order valence-corrected chi connectivity index (χ4v) is 2.11. The molecule has 0 aliphatic carbocycles. The highest BCUT2D eigenvalue weighted by Gasteiger charge is 2.21. The smallest absolute Gasteiger partial charge is 0.324 e. The van der Waals surface area contributed by atoms with Gasteiger partial charge in [-0.3, -0.25) is 4.72 Å². The summed E-state index contributed by atoms with van der Waals surface area (Å²) in [6, 6.07) is 0.316. The van der Waals surface area contributed by atoms with Crippen LogP contribution in [0.1, 0.15) is 12.8 Å². The fraction of sp³-hybridized carbons (Fsp3) is 0.545. The Hall–Kier alpha value is -0.940. The molecule has 0 radical (unpaired) electrons. The molecule has 0 spiro atoms. The SMILES string of the molecule is C=C/C=C\SNC(=O)N(C)C1CCNCC1. The summed E-state index contributed by atoms with van der Waals surface area (Å²) in [4.78, 5) is 13.5. The summed E-state index contributed by atoms with van der Waals surface area (Å²) in [5, 5.41) is 5.08. The van der Waals surface area contributed by atoms with Gasteiger partial charge in [-0.15, -0.1) is 0 Å². The molecule has 1 aliphatic rings. The Balaban J connectivity index is 2.28. The molecule has 0 aromatic rings. The number of urea groups is 1. The molecular formula is C11H19N3OS. The third-order valence-electron chi connectivity index (χ3n) is 2.61. The summed E-state index contributed by atoms with van der Waals surface area (Å²) in [5.74, 6) is 0. The lowest BCUT2D eigenvalue weighted by Crippen LogP contribution is -2.46. The highest BCUT2D eigenvalue weighted by atomic mass is 32.2. The molecule has 1 aliphatic heterocycles. The quantitative estimate of drug-likeness (QED) is 0.582. The van der Waals surface area contributed by atoms with Crippen LogP contribution in [-0.2, 0) is 0 Å². The third kappa shape index (κ3) is 4.28. The van der Waals surface area contributed by atoms with Crippen LogP contribution in [0.5, 0.6) is 0 Å². The molecule has 1 saturated heterocycles. The minimum absolute atomic E-state index is 0.0365. The van der Waals surface area contributed by atoms with Crippen molar-refractivity contribution in [1.82, 2.24) is 14.9 Å². The number of carbonyl (C=O) groups excluding carboxylic acids is 1. The van der Waals surface area contributed by atoms with Crippen LogP contribution in [0.2, 0.25) is 0 Å². The Kier molecular flexibility index (Phi) is 6.03. The number of amides is 2. The fourth-order valence-electron chi connectivity index (χ4n) is 1.61. The number of piperidine rings is 1. The Bertz CT molecular complexity index is 262. The molecule has 1 rings (SSSR count). The molecule has 1 heterocycles. The summed E-state index contributed by atoms with van der Waals surface area (Å²) in [5.41, 5.74) is 0. The van der Waals surface area contributed by atoms with Crippen LogP contribution in [-0.4, -0.2) is 37.1 Å². The van der Waals surface area contributed by atoms with Gasteiger partial charge in [0.05, 0.1) is 0 Å². The predicted octanol–water partition coefficient (Wildman–Crippen LogP) is 1.73. The number of hydrogen-bond acceptors (Lipinski definition) is 3. The van der Waals surface area contributed by atoms with Crippen LogP contribution < -0.4 is 10.0 Å². The minimum Gasteiger partial charge on any atom is -0.324 e. The molecule has 90 valence electrons. The highest BCUT2D eigenvalue weighted by molar-refractivity contribution is 8.00. The van der Waals surface area contributed by atoms with E-state index in [-0.39, 0.29) is 6.03 Å². The Morgan fingerprint density at radius 1 is 1.56 bits per heavy atom. The van der Waals surface area contributed by atoms with Crippen molar-refractivity contribution in [3.8, 4) is 0 Å². The predicted molar refractivity (Wildman–Crippen MR) is 69.1 cm³/mol. The van der Waals surface area contributed by atoms with E-state index in [4.69, 9.17) is 0 Å². The zero-order chi connectivity index (χ0) is 11.8. The first-order chi connectivity index (χ1) is 7.75. The van der Waals surface area contributed by atoms with Gasteiger partial charge in [0.1, 0.15) is 0 Å². The van der Waals surface area contributed by atoms with Gasteiger partial charge in [0, 0.05) is 13.1 Å². The van der Waals surface area contributed by atoms with E-state index in [9.17, 15) is 4.79 Å². The second-order valence-corrected chi connectivity index (χ2v) is 4.39. The van der Waals surface area contributed by atoms with Crippen molar-refractivity contribution in [2.75, 3.05) is 20.1 Å². The second-order valence-electron chi connectivity index (χ2n) is 3.68. The summed E-state index contributed by atoms with van der Waals surface area (Å²) >= 11 is 1.27. The van der Waals surface area contributed by atoms with E-state index in [1.807, 2.05) is 7.05 Å². The normalized spacial score (nSPS) is 17.3. The molecule has 0 saturated carbocycles. The molecule has 0 bridgehead atoms. The van der Waals surface area contributed by atoms with Gasteiger partial charge < -0.3 is 10.2 Å². The average molecular weight is 241 g/mol. The van der Waals surface area contributed by atoms with Crippen LogP contribution in [0, 0.1) is 0 Å². The second kappa shape index (κ2) is 7.35. The van der Waals surface area contributed by atoms with Crippen molar-refractivity contribution < 1.29 is 4.79 Å². The largest absolute Gasteiger partial charge is 0.327 e. The lowest BCUT2D eigenvalue weighted by atomic mass is 10.1. The van der Waals surface area contributed by atoms with Gasteiger partial charge in [0.15, 0.2) is 0 Å². The molecule has 1 fully saturated rings. The molecule has 2 amide bonds. The van der Waals surface area contributed by atoms with Gasteiger partial charge in [-0.25, -0.2) is 4.79 Å². The van der Waals surface area contributed by atoms with E-state index >= 15 is 0 Å². The third-order valence-corrected chi connectivity index (χ3v) is 3.19. The molecule has 0 unspecified atom stereocenters. The number of rotatable bonds is 4. The van der Waals surface area contributed by atoms with Crippen LogP contribution >= 0.6 is 11.9 Å². The van der Waals surface area contributed by atoms with E-state index in [0.717, 1.165) is 25.9 Å². The maximum absolute atomic E-state index is 11.7. The van der Waals surface area contributed by atoms with Gasteiger partial charge in [0.25, 0.3) is 0 Å². The first-order valence-corrected chi connectivity index (χ1v) is 6.30. The van der Waals surface area contributed by atoms with Crippen LogP contribution in [0.4, 0.5) is 4.79 Å². The van der Waals surface area contributed by atoms with Gasteiger partial charge >= 0.3 is 6.03 Å². The maximum Gasteiger partial charge on any atom is 0.327 e. The number of hydrogen-bond donors (Lipinski definition) is 2. The monoisotopic (exact) mass is 241 g/mol. The molecular weight excluding hydrogens is 222 g/mol. The van der Waals surface area contributed by atoms with E-state index < -0.39 is 0 Å². The van der Waals surface area contributed by atoms with E-state index in [1.165, 1.54) is 11.9 Å². The number of nitrogens with one attached hydrogen (secondary N) is 2. The average Bonchev–Trinajstić information content (AvgIpc) is 2.34. The molecule has 4 nitrogen and oxygen atoms in total. The zero-order valence-corrected chi connectivity index (χ0v) is 10.4. The van der Waals surface area contributed by atoms with Gasteiger partial charge in [-0.05, 0) is 43.3 Å². The summed E-state index contributed by atoms with van der Waals surface area (Å²) in [7, 11) is 1.85. The Morgan fingerprint density at radius 2 is 2.25 bits per heavy atom. The van der Waals surface area contributed by atoms with Crippen molar-refractivity contribution >= 4 is 18.0 Å². The molecule has 5 heteroatoms. The van der Waals surface area contributed by atoms with E-state index in [1.54, 1.807) is 22.5 Å². The maximum atomic E-state index is 11.7. The highest BCUT2D eigenvalue weighted by Crippen LogP contribution is 2.10. The zero-order valence-electron chi connectivity index (χ0n) is 9.61. The van der Waals surface area contributed by atoms with E-state index in [0.29, 0.717) is 6.04 Å². The van der Waals surface area contributed by atoms with Gasteiger partial charge in [0.2, 0.25) is 0 Å². The number of allylic oxidation sites excluding steroid dienone is 2. The van der Waals surface area contributed by atoms with Crippen LogP contribution in [0.25, 0.3) is 0 Å². The number of nitrogens with zero attached hydrogens (tertiary/aromatic N) is 1. The van der Waals surface area contributed by atoms with Crippen molar-refractivity contribution in [3.05, 3.63) is 24.1 Å². The van der Waals surface area contributed by atoms with Crippen molar-refractivity contribution in [2.45, 2.75) is 18.9 Å². The van der Waals surface area contributed by atoms with Crippen LogP contribution in [0.15, 0.2) is 24.1 Å². The Morgan fingerprint density at radius 3 is 2.88 bits per heavy atom. The van der Waals surface area contributed by atoms with Gasteiger partial charge in [-0.2, -0.15) is 0 Å². The lowest BCUT2D eigenvalue weighted by molar-refractivity contribution is 0.183. The van der Waals surface area contributed by atoms with Crippen LogP contribution in [0.3, 0.4) is 0 Å². The first-order valence-electron chi connectivity index (χ1n) is 5.42. The summed E-state index contributed by atoms with van der Waals surface area (Å²) in [6.45, 7) is 5.54. The molecule has 2 N–H and O–H groups in total. The van der Waals surface area contributed by atoms with Crippen molar-refractivity contribution in [3.63, 3.8) is 0 Å². The standard InChI is InChI=1S/C11H19N3OS/c1-3-4-9-16-13-11(15)14(2)10-5-7-12-8-6-10/h3-4,9-10,12H,1,5-8H2,2H3,(H,13,15)/b9-4-. The summed E-state index contributed by atoms with van der Waals surface area (Å²) < 4.78 is 2.76. The van der Waals surface area contributed by atoms with Crippen molar-refractivity contribution in [1.29, 1.82) is 0 Å². The van der Waals surface area contributed by atoms with E-state index in [2.05, 4.69) is 16.6 Å². The first kappa shape index (κ1) is 13.1. The Labute approximate surface area is 101 Å². The topological polar surface area (TPSA) is 44.4 Å². The lowest BCUT2D eigenvalue weighted by Gasteiger charge is -2.31. The summed E-state index contributed by atoms with van der Waals surface area (Å²) in [6.07, 6.45) is 5.51.